The lowest BCUT2D eigenvalue weighted by atomic mass is 10.1. The van der Waals surface area contributed by atoms with E-state index in [-0.39, 0.29) is 0 Å². The predicted octanol–water partition coefficient (Wildman–Crippen LogP) is 7.14. The first-order valence-electron chi connectivity index (χ1n) is 11.2. The maximum atomic E-state index is 9.83. The normalized spacial score (nSPS) is 11.4. The second kappa shape index (κ2) is 10.1. The number of nitrogens with zero attached hydrogens (tertiary/aromatic N) is 2. The van der Waals surface area contributed by atoms with Gasteiger partial charge >= 0.3 is 0 Å². The molecule has 5 aromatic rings. The Kier molecular flexibility index (Phi) is 6.61. The molecule has 178 valence electrons. The highest BCUT2D eigenvalue weighted by molar-refractivity contribution is 9.10. The highest BCUT2D eigenvalue weighted by Gasteiger charge is 2.14. The summed E-state index contributed by atoms with van der Waals surface area (Å²) in [5.74, 6) is 2.35. The summed E-state index contributed by atoms with van der Waals surface area (Å²) in [6, 6.07) is 26.0. The lowest BCUT2D eigenvalue weighted by Crippen LogP contribution is -1.99. The monoisotopic (exact) mass is 539 g/mol. The molecule has 0 saturated heterocycles. The van der Waals surface area contributed by atoms with Crippen molar-refractivity contribution in [2.45, 2.75) is 6.61 Å². The number of aromatic amines is 1. The Morgan fingerprint density at radius 3 is 2.61 bits per heavy atom. The van der Waals surface area contributed by atoms with Crippen LogP contribution in [0.1, 0.15) is 17.0 Å². The number of nitriles is 1. The molecule has 5 rings (SSSR count). The Morgan fingerprint density at radius 1 is 1.00 bits per heavy atom. The minimum Gasteiger partial charge on any atom is -0.497 e. The highest BCUT2D eigenvalue weighted by Crippen LogP contribution is 2.38. The molecule has 0 saturated carbocycles. The van der Waals surface area contributed by atoms with Gasteiger partial charge in [0.05, 0.1) is 35.3 Å². The average molecular weight is 540 g/mol. The molecule has 1 N–H and O–H groups in total. The summed E-state index contributed by atoms with van der Waals surface area (Å²) >= 11 is 3.61. The van der Waals surface area contributed by atoms with E-state index in [1.54, 1.807) is 20.3 Å². The van der Waals surface area contributed by atoms with Crippen LogP contribution in [0.5, 0.6) is 17.2 Å². The number of allylic oxidation sites excluding steroid dienone is 1. The third kappa shape index (κ3) is 4.77. The first-order chi connectivity index (χ1) is 17.6. The maximum absolute atomic E-state index is 9.83. The van der Waals surface area contributed by atoms with Crippen LogP contribution in [-0.4, -0.2) is 24.2 Å². The van der Waals surface area contributed by atoms with Crippen molar-refractivity contribution >= 4 is 49.4 Å². The number of fused-ring (bicyclic) bond motifs is 2. The van der Waals surface area contributed by atoms with E-state index < -0.39 is 0 Å². The Morgan fingerprint density at radius 2 is 1.83 bits per heavy atom. The summed E-state index contributed by atoms with van der Waals surface area (Å²) in [6.07, 6.45) is 1.76. The van der Waals surface area contributed by atoms with E-state index in [9.17, 15) is 5.26 Å². The molecular weight excluding hydrogens is 518 g/mol. The molecule has 0 atom stereocenters. The Balaban J connectivity index is 1.42. The summed E-state index contributed by atoms with van der Waals surface area (Å²) in [5.41, 5.74) is 3.76. The molecule has 0 aliphatic heterocycles. The number of hydrogen-bond acceptors (Lipinski definition) is 5. The van der Waals surface area contributed by atoms with Gasteiger partial charge in [-0.1, -0.05) is 36.4 Å². The second-order valence-corrected chi connectivity index (χ2v) is 9.00. The molecule has 0 unspecified atom stereocenters. The van der Waals surface area contributed by atoms with Crippen molar-refractivity contribution < 1.29 is 14.2 Å². The second-order valence-electron chi connectivity index (χ2n) is 8.14. The van der Waals surface area contributed by atoms with Crippen molar-refractivity contribution in [1.29, 1.82) is 5.26 Å². The fraction of sp³-hybridized carbons (Fsp3) is 0.103. The van der Waals surface area contributed by atoms with Gasteiger partial charge in [-0.3, -0.25) is 0 Å². The van der Waals surface area contributed by atoms with E-state index in [0.717, 1.165) is 32.0 Å². The number of benzene rings is 4. The van der Waals surface area contributed by atoms with Crippen molar-refractivity contribution in [2.75, 3.05) is 14.2 Å². The Labute approximate surface area is 216 Å². The summed E-state index contributed by atoms with van der Waals surface area (Å²) in [4.78, 5) is 7.75. The summed E-state index contributed by atoms with van der Waals surface area (Å²) in [7, 11) is 3.20. The van der Waals surface area contributed by atoms with Crippen LogP contribution in [-0.2, 0) is 6.61 Å². The van der Waals surface area contributed by atoms with E-state index >= 15 is 0 Å². The van der Waals surface area contributed by atoms with Crippen LogP contribution >= 0.6 is 15.9 Å². The number of imidazole rings is 1. The molecule has 0 amide bonds. The van der Waals surface area contributed by atoms with Crippen LogP contribution < -0.4 is 14.2 Å². The molecule has 6 nitrogen and oxygen atoms in total. The van der Waals surface area contributed by atoms with Gasteiger partial charge in [-0.25, -0.2) is 4.98 Å². The van der Waals surface area contributed by atoms with Gasteiger partial charge in [0.2, 0.25) is 0 Å². The Bertz CT molecular complexity index is 1650. The van der Waals surface area contributed by atoms with Crippen LogP contribution in [0.15, 0.2) is 77.3 Å². The van der Waals surface area contributed by atoms with Gasteiger partial charge < -0.3 is 19.2 Å². The summed E-state index contributed by atoms with van der Waals surface area (Å²) in [5, 5.41) is 12.2. The van der Waals surface area contributed by atoms with E-state index in [4.69, 9.17) is 14.2 Å². The number of hydrogen-bond donors (Lipinski definition) is 1. The molecule has 0 aliphatic rings. The largest absolute Gasteiger partial charge is 0.497 e. The van der Waals surface area contributed by atoms with Gasteiger partial charge in [-0.05, 0) is 74.2 Å². The van der Waals surface area contributed by atoms with Gasteiger partial charge in [0.1, 0.15) is 24.3 Å². The zero-order valence-electron chi connectivity index (χ0n) is 19.7. The zero-order valence-corrected chi connectivity index (χ0v) is 21.3. The third-order valence-corrected chi connectivity index (χ3v) is 6.41. The first kappa shape index (κ1) is 23.5. The number of halogens is 1. The van der Waals surface area contributed by atoms with Crippen LogP contribution in [0.4, 0.5) is 0 Å². The van der Waals surface area contributed by atoms with Gasteiger partial charge in [0.25, 0.3) is 0 Å². The fourth-order valence-electron chi connectivity index (χ4n) is 4.01. The SMILES string of the molecule is COc1ccc2nc(/C(C#N)=C\c3cc(Br)c(OCc4ccc5ccccc5c4)c(OC)c3)[nH]c2c1. The maximum Gasteiger partial charge on any atom is 0.175 e. The quantitative estimate of drug-likeness (QED) is 0.222. The number of ether oxygens (including phenoxy) is 3. The van der Waals surface area contributed by atoms with Crippen LogP contribution in [0.25, 0.3) is 33.5 Å². The molecule has 0 bridgehead atoms. The lowest BCUT2D eigenvalue weighted by Gasteiger charge is -2.14. The average Bonchev–Trinajstić information content (AvgIpc) is 3.33. The van der Waals surface area contributed by atoms with E-state index in [1.807, 2.05) is 42.5 Å². The number of H-pyrrole nitrogens is 1. The topological polar surface area (TPSA) is 80.2 Å². The van der Waals surface area contributed by atoms with Crippen LogP contribution in [0.2, 0.25) is 0 Å². The molecule has 7 heteroatoms. The molecule has 4 aromatic carbocycles. The first-order valence-corrected chi connectivity index (χ1v) is 12.0. The lowest BCUT2D eigenvalue weighted by molar-refractivity contribution is 0.282. The van der Waals surface area contributed by atoms with Crippen molar-refractivity contribution in [2.24, 2.45) is 0 Å². The van der Waals surface area contributed by atoms with E-state index in [0.29, 0.717) is 35.3 Å². The predicted molar refractivity (Wildman–Crippen MR) is 145 cm³/mol. The van der Waals surface area contributed by atoms with Crippen molar-refractivity contribution in [1.82, 2.24) is 9.97 Å². The third-order valence-electron chi connectivity index (χ3n) is 5.82. The smallest absolute Gasteiger partial charge is 0.175 e. The summed E-state index contributed by atoms with van der Waals surface area (Å²) < 4.78 is 17.7. The number of methoxy groups -OCH3 is 2. The highest BCUT2D eigenvalue weighted by atomic mass is 79.9. The number of aromatic nitrogens is 2. The molecule has 1 aromatic heterocycles. The van der Waals surface area contributed by atoms with Gasteiger partial charge in [0.15, 0.2) is 11.5 Å². The number of rotatable bonds is 7. The molecule has 36 heavy (non-hydrogen) atoms. The molecular formula is C29H22BrN3O3. The summed E-state index contributed by atoms with van der Waals surface area (Å²) in [6.45, 7) is 0.390. The van der Waals surface area contributed by atoms with E-state index in [2.05, 4.69) is 62.3 Å². The zero-order chi connectivity index (χ0) is 25.1. The molecule has 1 heterocycles. The molecule has 0 spiro atoms. The molecule has 0 fully saturated rings. The Hall–Kier alpha value is -4.28. The number of nitrogens with one attached hydrogen (secondary N) is 1. The molecule has 0 aliphatic carbocycles. The van der Waals surface area contributed by atoms with Crippen LogP contribution in [0, 0.1) is 11.3 Å². The van der Waals surface area contributed by atoms with Gasteiger partial charge in [0, 0.05) is 6.07 Å². The van der Waals surface area contributed by atoms with Gasteiger partial charge in [-0.15, -0.1) is 0 Å². The fourth-order valence-corrected chi connectivity index (χ4v) is 4.58. The van der Waals surface area contributed by atoms with Crippen molar-refractivity contribution in [3.8, 4) is 23.3 Å². The molecule has 0 radical (unpaired) electrons. The minimum atomic E-state index is 0.390. The van der Waals surface area contributed by atoms with Gasteiger partial charge in [-0.2, -0.15) is 5.26 Å². The van der Waals surface area contributed by atoms with Crippen molar-refractivity contribution in [3.63, 3.8) is 0 Å². The van der Waals surface area contributed by atoms with E-state index in [1.165, 1.54) is 5.39 Å². The van der Waals surface area contributed by atoms with Crippen LogP contribution in [0.3, 0.4) is 0 Å². The standard InChI is InChI=1S/C29H22BrN3O3/c1-34-23-9-10-25-26(15-23)33-29(32-25)22(16-31)12-19-13-24(30)28(27(14-19)35-2)36-17-18-7-8-20-5-3-4-6-21(20)11-18/h3-15H,17H2,1-2H3,(H,32,33)/b22-12-. The van der Waals surface area contributed by atoms with Crippen molar-refractivity contribution in [3.05, 3.63) is 94.2 Å². The minimum absolute atomic E-state index is 0.390.